The Morgan fingerprint density at radius 3 is 2.63 bits per heavy atom. The predicted octanol–water partition coefficient (Wildman–Crippen LogP) is 2.81. The molecule has 96 valence electrons. The quantitative estimate of drug-likeness (QED) is 0.883. The average molecular weight is 255 g/mol. The third kappa shape index (κ3) is 3.30. The molecule has 0 heterocycles. The predicted molar refractivity (Wildman–Crippen MR) is 73.0 cm³/mol. The van der Waals surface area contributed by atoms with Crippen molar-refractivity contribution in [1.82, 2.24) is 0 Å². The van der Waals surface area contributed by atoms with Crippen LogP contribution < -0.4 is 11.1 Å². The lowest BCUT2D eigenvalue weighted by atomic mass is 10.1. The molecule has 0 aliphatic heterocycles. The second kappa shape index (κ2) is 5.98. The highest BCUT2D eigenvalue weighted by atomic mass is 19.1. The minimum absolute atomic E-state index is 0.183. The lowest BCUT2D eigenvalue weighted by Crippen LogP contribution is -2.20. The summed E-state index contributed by atoms with van der Waals surface area (Å²) in [5, 5.41) is 12.0. The molecule has 1 unspecified atom stereocenters. The summed E-state index contributed by atoms with van der Waals surface area (Å²) in [5.41, 5.74) is 7.93. The second-order valence-electron chi connectivity index (χ2n) is 4.20. The van der Waals surface area contributed by atoms with E-state index in [1.54, 1.807) is 6.07 Å². The molecule has 0 aliphatic rings. The Kier molecular flexibility index (Phi) is 4.11. The Balaban J connectivity index is 2.05. The third-order valence-electron chi connectivity index (χ3n) is 2.84. The molecule has 19 heavy (non-hydrogen) atoms. The molecule has 0 fully saturated rings. The van der Waals surface area contributed by atoms with Gasteiger partial charge in [-0.15, -0.1) is 0 Å². The van der Waals surface area contributed by atoms with Gasteiger partial charge in [0.1, 0.15) is 11.9 Å². The standard InChI is InChI=1S/C15H14FN3/c16-13-6-7-15(12(8-13)9-17)19-10-14(18)11-4-2-1-3-5-11/h1-8,14,19H,10,18H2. The zero-order valence-corrected chi connectivity index (χ0v) is 10.3. The van der Waals surface area contributed by atoms with Crippen LogP contribution in [0.3, 0.4) is 0 Å². The zero-order valence-electron chi connectivity index (χ0n) is 10.3. The molecule has 3 N–H and O–H groups in total. The lowest BCUT2D eigenvalue weighted by molar-refractivity contribution is 0.627. The van der Waals surface area contributed by atoms with Gasteiger partial charge in [0.15, 0.2) is 0 Å². The Labute approximate surface area is 111 Å². The van der Waals surface area contributed by atoms with Crippen molar-refractivity contribution in [3.63, 3.8) is 0 Å². The number of nitrogens with one attached hydrogen (secondary N) is 1. The SMILES string of the molecule is N#Cc1cc(F)ccc1NCC(N)c1ccccc1. The molecule has 3 nitrogen and oxygen atoms in total. The van der Waals surface area contributed by atoms with Gasteiger partial charge in [0.2, 0.25) is 0 Å². The van der Waals surface area contributed by atoms with Crippen molar-refractivity contribution in [1.29, 1.82) is 5.26 Å². The topological polar surface area (TPSA) is 61.8 Å². The van der Waals surface area contributed by atoms with E-state index in [1.807, 2.05) is 36.4 Å². The van der Waals surface area contributed by atoms with Gasteiger partial charge >= 0.3 is 0 Å². The molecule has 0 amide bonds. The van der Waals surface area contributed by atoms with Gasteiger partial charge in [-0.3, -0.25) is 0 Å². The van der Waals surface area contributed by atoms with Crippen molar-refractivity contribution in [3.05, 3.63) is 65.5 Å². The van der Waals surface area contributed by atoms with Crippen LogP contribution in [0.2, 0.25) is 0 Å². The van der Waals surface area contributed by atoms with Crippen LogP contribution in [-0.4, -0.2) is 6.54 Å². The fraction of sp³-hybridized carbons (Fsp3) is 0.133. The molecule has 0 saturated carbocycles. The number of halogens is 1. The highest BCUT2D eigenvalue weighted by Crippen LogP contribution is 2.17. The van der Waals surface area contributed by atoms with E-state index in [0.717, 1.165) is 5.56 Å². The van der Waals surface area contributed by atoms with Gasteiger partial charge in [0.25, 0.3) is 0 Å². The van der Waals surface area contributed by atoms with Crippen molar-refractivity contribution in [2.45, 2.75) is 6.04 Å². The van der Waals surface area contributed by atoms with Crippen molar-refractivity contribution in [2.75, 3.05) is 11.9 Å². The summed E-state index contributed by atoms with van der Waals surface area (Å²) < 4.78 is 13.0. The van der Waals surface area contributed by atoms with Gasteiger partial charge < -0.3 is 11.1 Å². The van der Waals surface area contributed by atoms with Crippen molar-refractivity contribution in [3.8, 4) is 6.07 Å². The largest absolute Gasteiger partial charge is 0.382 e. The molecule has 2 aromatic rings. The van der Waals surface area contributed by atoms with Crippen LogP contribution in [0, 0.1) is 17.1 Å². The second-order valence-corrected chi connectivity index (χ2v) is 4.20. The van der Waals surface area contributed by atoms with E-state index in [0.29, 0.717) is 12.2 Å². The maximum Gasteiger partial charge on any atom is 0.124 e. The molecule has 4 heteroatoms. The van der Waals surface area contributed by atoms with Gasteiger partial charge in [-0.25, -0.2) is 4.39 Å². The Bertz CT molecular complexity index is 590. The van der Waals surface area contributed by atoms with Crippen LogP contribution >= 0.6 is 0 Å². The number of nitrogens with zero attached hydrogens (tertiary/aromatic N) is 1. The number of nitriles is 1. The Hall–Kier alpha value is -2.38. The number of hydrogen-bond donors (Lipinski definition) is 2. The summed E-state index contributed by atoms with van der Waals surface area (Å²) in [5.74, 6) is -0.422. The molecule has 1 atom stereocenters. The van der Waals surface area contributed by atoms with Gasteiger partial charge in [0, 0.05) is 12.6 Å². The maximum absolute atomic E-state index is 13.0. The van der Waals surface area contributed by atoms with E-state index < -0.39 is 5.82 Å². The van der Waals surface area contributed by atoms with E-state index in [2.05, 4.69) is 5.32 Å². The molecular weight excluding hydrogens is 241 g/mol. The molecule has 0 bridgehead atoms. The van der Waals surface area contributed by atoms with Crippen LogP contribution in [0.1, 0.15) is 17.2 Å². The smallest absolute Gasteiger partial charge is 0.124 e. The van der Waals surface area contributed by atoms with Crippen molar-refractivity contribution in [2.24, 2.45) is 5.73 Å². The summed E-state index contributed by atoms with van der Waals surface area (Å²) in [6.07, 6.45) is 0. The molecular formula is C15H14FN3. The normalized spacial score (nSPS) is 11.6. The van der Waals surface area contributed by atoms with Crippen LogP contribution in [0.5, 0.6) is 0 Å². The molecule has 0 aromatic heterocycles. The van der Waals surface area contributed by atoms with E-state index in [-0.39, 0.29) is 11.6 Å². The summed E-state index contributed by atoms with van der Waals surface area (Å²) in [4.78, 5) is 0. The van der Waals surface area contributed by atoms with Gasteiger partial charge in [-0.2, -0.15) is 5.26 Å². The summed E-state index contributed by atoms with van der Waals surface area (Å²) in [6.45, 7) is 0.477. The van der Waals surface area contributed by atoms with Crippen molar-refractivity contribution >= 4 is 5.69 Å². The highest BCUT2D eigenvalue weighted by molar-refractivity contribution is 5.57. The fourth-order valence-electron chi connectivity index (χ4n) is 1.80. The van der Waals surface area contributed by atoms with Crippen LogP contribution in [0.15, 0.2) is 48.5 Å². The first-order valence-corrected chi connectivity index (χ1v) is 5.95. The van der Waals surface area contributed by atoms with Crippen LogP contribution in [-0.2, 0) is 0 Å². The monoisotopic (exact) mass is 255 g/mol. The molecule has 2 rings (SSSR count). The van der Waals surface area contributed by atoms with E-state index in [4.69, 9.17) is 11.0 Å². The maximum atomic E-state index is 13.0. The number of anilines is 1. The fourth-order valence-corrected chi connectivity index (χ4v) is 1.80. The molecule has 2 aromatic carbocycles. The first-order chi connectivity index (χ1) is 9.20. The molecule has 0 aliphatic carbocycles. The summed E-state index contributed by atoms with van der Waals surface area (Å²) >= 11 is 0. The van der Waals surface area contributed by atoms with Gasteiger partial charge in [-0.1, -0.05) is 30.3 Å². The molecule has 0 spiro atoms. The highest BCUT2D eigenvalue weighted by Gasteiger charge is 2.07. The molecule has 0 saturated heterocycles. The summed E-state index contributed by atoms with van der Waals surface area (Å²) in [6, 6.07) is 15.5. The minimum atomic E-state index is -0.422. The lowest BCUT2D eigenvalue weighted by Gasteiger charge is -2.14. The first kappa shape index (κ1) is 13.1. The first-order valence-electron chi connectivity index (χ1n) is 5.95. The summed E-state index contributed by atoms with van der Waals surface area (Å²) in [7, 11) is 0. The van der Waals surface area contributed by atoms with Crippen LogP contribution in [0.4, 0.5) is 10.1 Å². The third-order valence-corrected chi connectivity index (χ3v) is 2.84. The number of rotatable bonds is 4. The van der Waals surface area contributed by atoms with Gasteiger partial charge in [0.05, 0.1) is 11.3 Å². The average Bonchev–Trinajstić information content (AvgIpc) is 2.46. The molecule has 0 radical (unpaired) electrons. The Morgan fingerprint density at radius 2 is 1.95 bits per heavy atom. The van der Waals surface area contributed by atoms with Crippen molar-refractivity contribution < 1.29 is 4.39 Å². The zero-order chi connectivity index (χ0) is 13.7. The van der Waals surface area contributed by atoms with Crippen LogP contribution in [0.25, 0.3) is 0 Å². The van der Waals surface area contributed by atoms with E-state index in [9.17, 15) is 4.39 Å². The van der Waals surface area contributed by atoms with E-state index in [1.165, 1.54) is 12.1 Å². The van der Waals surface area contributed by atoms with E-state index >= 15 is 0 Å². The number of hydrogen-bond acceptors (Lipinski definition) is 3. The minimum Gasteiger partial charge on any atom is -0.382 e. The number of nitrogens with two attached hydrogens (primary N) is 1. The number of benzene rings is 2. The Morgan fingerprint density at radius 1 is 1.21 bits per heavy atom. The van der Waals surface area contributed by atoms with Gasteiger partial charge in [-0.05, 0) is 23.8 Å².